The third-order valence-electron chi connectivity index (χ3n) is 6.57. The largest absolute Gasteiger partial charge is 0.495 e. The number of aryl methyl sites for hydroxylation is 1. The lowest BCUT2D eigenvalue weighted by Gasteiger charge is -2.31. The van der Waals surface area contributed by atoms with Gasteiger partial charge in [-0.05, 0) is 38.5 Å². The topological polar surface area (TPSA) is 148 Å². The lowest BCUT2D eigenvalue weighted by Crippen LogP contribution is -2.52. The van der Waals surface area contributed by atoms with Gasteiger partial charge in [0.05, 0.1) is 36.7 Å². The van der Waals surface area contributed by atoms with Gasteiger partial charge in [0.1, 0.15) is 34.2 Å². The molecule has 38 heavy (non-hydrogen) atoms. The lowest BCUT2D eigenvalue weighted by atomic mass is 10.1. The van der Waals surface area contributed by atoms with Crippen LogP contribution in [0.3, 0.4) is 0 Å². The van der Waals surface area contributed by atoms with Crippen LogP contribution in [0.15, 0.2) is 44.8 Å². The first-order valence-corrected chi connectivity index (χ1v) is 12.7. The van der Waals surface area contributed by atoms with Crippen LogP contribution in [0.25, 0.3) is 21.0 Å². The van der Waals surface area contributed by atoms with Crippen LogP contribution in [0.1, 0.15) is 37.6 Å². The highest BCUT2D eigenvalue weighted by Crippen LogP contribution is 2.37. The molecular weight excluding hydrogens is 516 g/mol. The third kappa shape index (κ3) is 4.22. The molecule has 5 heterocycles. The van der Waals surface area contributed by atoms with Crippen molar-refractivity contribution in [1.29, 1.82) is 0 Å². The molecule has 4 aromatic rings. The molecule has 0 saturated carbocycles. The first-order valence-electron chi connectivity index (χ1n) is 11.8. The quantitative estimate of drug-likeness (QED) is 0.335. The van der Waals surface area contributed by atoms with Crippen molar-refractivity contribution in [1.82, 2.24) is 19.1 Å². The van der Waals surface area contributed by atoms with Crippen LogP contribution in [0, 0.1) is 6.92 Å². The number of carboxylic acid groups (broad SMARTS) is 1. The predicted octanol–water partition coefficient (Wildman–Crippen LogP) is 2.92. The second kappa shape index (κ2) is 9.82. The Balaban J connectivity index is 1.78. The van der Waals surface area contributed by atoms with Crippen molar-refractivity contribution in [2.75, 3.05) is 13.7 Å². The summed E-state index contributed by atoms with van der Waals surface area (Å²) in [5, 5.41) is 10.1. The Morgan fingerprint density at radius 3 is 2.68 bits per heavy atom. The van der Waals surface area contributed by atoms with Crippen LogP contribution in [0.5, 0.6) is 5.75 Å². The Morgan fingerprint density at radius 2 is 2.08 bits per heavy atom. The number of aromatic nitrogens is 4. The van der Waals surface area contributed by atoms with Gasteiger partial charge in [0.15, 0.2) is 6.29 Å². The fourth-order valence-electron chi connectivity index (χ4n) is 4.32. The number of oxazole rings is 1. The number of fused-ring (bicyclic) bond motifs is 1. The zero-order valence-corrected chi connectivity index (χ0v) is 22.0. The van der Waals surface area contributed by atoms with Crippen molar-refractivity contribution >= 4 is 27.5 Å². The average molecular weight is 543 g/mol. The van der Waals surface area contributed by atoms with E-state index in [1.54, 1.807) is 25.3 Å². The second-order valence-corrected chi connectivity index (χ2v) is 10.3. The minimum atomic E-state index is -1.84. The molecule has 5 rings (SSSR count). The van der Waals surface area contributed by atoms with Crippen molar-refractivity contribution in [2.45, 2.75) is 51.7 Å². The van der Waals surface area contributed by atoms with Crippen LogP contribution in [-0.4, -0.2) is 50.2 Å². The number of rotatable bonds is 9. The van der Waals surface area contributed by atoms with Gasteiger partial charge >= 0.3 is 11.7 Å². The Labute approximate surface area is 220 Å². The SMILES string of the molecule is COc1cccnc1[C@@H](Cn1c(=O)n(C(C)(C)C(=O)O)c(=O)c2c(C)c(-c3ncco3)sc21)OC1CCO1. The Kier molecular flexibility index (Phi) is 6.67. The van der Waals surface area contributed by atoms with E-state index in [0.717, 1.165) is 15.9 Å². The Bertz CT molecular complexity index is 1610. The standard InChI is InChI=1S/C25H26N4O8S/c1-13-17-21(30)29(25(2,3)23(31)32)24(33)28(22(17)38-19(13)20-27-9-11-36-20)12-15(37-16-7-10-35-16)18-14(34-4)6-5-8-26-18/h5-6,8-9,11,15-16H,7,10,12H2,1-4H3,(H,31,32)/t15-,16?/m1/s1. The van der Waals surface area contributed by atoms with E-state index in [-0.39, 0.29) is 17.8 Å². The molecule has 1 unspecified atom stereocenters. The summed E-state index contributed by atoms with van der Waals surface area (Å²) in [6, 6.07) is 3.44. The number of nitrogens with zero attached hydrogens (tertiary/aromatic N) is 4. The van der Waals surface area contributed by atoms with E-state index >= 15 is 0 Å². The summed E-state index contributed by atoms with van der Waals surface area (Å²) in [5.74, 6) is -0.596. The number of hydrogen-bond donors (Lipinski definition) is 1. The van der Waals surface area contributed by atoms with Crippen molar-refractivity contribution < 1.29 is 28.5 Å². The molecule has 1 N–H and O–H groups in total. The lowest BCUT2D eigenvalue weighted by molar-refractivity contribution is -0.240. The maximum absolute atomic E-state index is 13.9. The van der Waals surface area contributed by atoms with Crippen molar-refractivity contribution in [3.63, 3.8) is 0 Å². The molecule has 0 aliphatic carbocycles. The molecule has 2 atom stereocenters. The van der Waals surface area contributed by atoms with Gasteiger partial charge < -0.3 is 23.7 Å². The summed E-state index contributed by atoms with van der Waals surface area (Å²) in [6.45, 7) is 4.78. The number of aliphatic carboxylic acids is 1. The highest BCUT2D eigenvalue weighted by Gasteiger charge is 2.37. The number of carbonyl (C=O) groups is 1. The maximum atomic E-state index is 13.9. The summed E-state index contributed by atoms with van der Waals surface area (Å²) < 4.78 is 24.7. The normalized spacial score (nSPS) is 16.4. The van der Waals surface area contributed by atoms with Crippen molar-refractivity contribution in [3.05, 3.63) is 62.9 Å². The van der Waals surface area contributed by atoms with Gasteiger partial charge in [0.25, 0.3) is 5.56 Å². The number of methoxy groups -OCH3 is 1. The van der Waals surface area contributed by atoms with Crippen LogP contribution in [0.4, 0.5) is 0 Å². The van der Waals surface area contributed by atoms with Crippen LogP contribution in [0.2, 0.25) is 0 Å². The van der Waals surface area contributed by atoms with Crippen LogP contribution < -0.4 is 16.0 Å². The van der Waals surface area contributed by atoms with Gasteiger partial charge in [-0.25, -0.2) is 19.1 Å². The molecule has 0 amide bonds. The molecule has 4 aromatic heterocycles. The number of carboxylic acids is 1. The fourth-order valence-corrected chi connectivity index (χ4v) is 5.56. The molecule has 200 valence electrons. The second-order valence-electron chi connectivity index (χ2n) is 9.28. The third-order valence-corrected chi connectivity index (χ3v) is 7.87. The van der Waals surface area contributed by atoms with Gasteiger partial charge in [-0.1, -0.05) is 0 Å². The molecule has 13 heteroatoms. The number of pyridine rings is 1. The molecule has 0 bridgehead atoms. The minimum absolute atomic E-state index is 0.0937. The van der Waals surface area contributed by atoms with Gasteiger partial charge in [-0.15, -0.1) is 11.3 Å². The zero-order chi connectivity index (χ0) is 27.2. The Morgan fingerprint density at radius 1 is 1.32 bits per heavy atom. The highest BCUT2D eigenvalue weighted by atomic mass is 32.1. The monoisotopic (exact) mass is 542 g/mol. The summed E-state index contributed by atoms with van der Waals surface area (Å²) in [4.78, 5) is 49.3. The van der Waals surface area contributed by atoms with Gasteiger partial charge in [-0.3, -0.25) is 14.3 Å². The van der Waals surface area contributed by atoms with E-state index in [9.17, 15) is 19.5 Å². The van der Waals surface area contributed by atoms with E-state index in [4.69, 9.17) is 18.6 Å². The fraction of sp³-hybridized carbons (Fsp3) is 0.400. The van der Waals surface area contributed by atoms with E-state index in [2.05, 4.69) is 9.97 Å². The first-order chi connectivity index (χ1) is 18.1. The van der Waals surface area contributed by atoms with Gasteiger partial charge in [0, 0.05) is 12.6 Å². The molecule has 1 aliphatic rings. The van der Waals surface area contributed by atoms with Gasteiger partial charge in [0.2, 0.25) is 5.89 Å². The predicted molar refractivity (Wildman–Crippen MR) is 137 cm³/mol. The van der Waals surface area contributed by atoms with Gasteiger partial charge in [-0.2, -0.15) is 0 Å². The average Bonchev–Trinajstić information content (AvgIpc) is 3.50. The highest BCUT2D eigenvalue weighted by molar-refractivity contribution is 7.22. The van der Waals surface area contributed by atoms with E-state index < -0.39 is 35.2 Å². The molecular formula is C25H26N4O8S. The summed E-state index contributed by atoms with van der Waals surface area (Å²) in [5.41, 5.74) is -2.39. The van der Waals surface area contributed by atoms with Crippen LogP contribution >= 0.6 is 11.3 Å². The van der Waals surface area contributed by atoms with Crippen LogP contribution in [-0.2, 0) is 26.4 Å². The summed E-state index contributed by atoms with van der Waals surface area (Å²) in [6.07, 6.45) is 3.81. The van der Waals surface area contributed by atoms with Crippen molar-refractivity contribution in [3.8, 4) is 16.5 Å². The molecule has 0 aromatic carbocycles. The molecule has 1 fully saturated rings. The molecule has 1 saturated heterocycles. The first kappa shape index (κ1) is 25.8. The summed E-state index contributed by atoms with van der Waals surface area (Å²) in [7, 11) is 1.50. The van der Waals surface area contributed by atoms with E-state index in [0.29, 0.717) is 39.7 Å². The van der Waals surface area contributed by atoms with E-state index in [1.807, 2.05) is 0 Å². The van der Waals surface area contributed by atoms with Crippen molar-refractivity contribution in [2.24, 2.45) is 0 Å². The number of hydrogen-bond acceptors (Lipinski definition) is 10. The number of ether oxygens (including phenoxy) is 3. The minimum Gasteiger partial charge on any atom is -0.495 e. The number of thiophene rings is 1. The molecule has 0 spiro atoms. The maximum Gasteiger partial charge on any atom is 0.333 e. The molecule has 12 nitrogen and oxygen atoms in total. The smallest absolute Gasteiger partial charge is 0.333 e. The Hall–Kier alpha value is -3.81. The van der Waals surface area contributed by atoms with E-state index in [1.165, 1.54) is 38.0 Å². The summed E-state index contributed by atoms with van der Waals surface area (Å²) >= 11 is 1.16. The zero-order valence-electron chi connectivity index (χ0n) is 21.2. The molecule has 1 aliphatic heterocycles. The molecule has 0 radical (unpaired) electrons.